The molecule has 0 bridgehead atoms. The van der Waals surface area contributed by atoms with Gasteiger partial charge in [-0.3, -0.25) is 4.79 Å². The molecule has 1 heterocycles. The summed E-state index contributed by atoms with van der Waals surface area (Å²) in [4.78, 5) is 23.6. The van der Waals surface area contributed by atoms with Crippen molar-refractivity contribution in [2.45, 2.75) is 12.5 Å². The van der Waals surface area contributed by atoms with Crippen LogP contribution in [-0.4, -0.2) is 22.7 Å². The summed E-state index contributed by atoms with van der Waals surface area (Å²) in [6.45, 7) is 1.61. The highest BCUT2D eigenvalue weighted by Crippen LogP contribution is 2.29. The number of rotatable bonds is 1. The van der Waals surface area contributed by atoms with E-state index in [4.69, 9.17) is 4.74 Å². The summed E-state index contributed by atoms with van der Waals surface area (Å²) in [7, 11) is 0. The SMILES string of the molecule is CC1(CBr)OC(=O)c2ccccc2C1=O. The van der Waals surface area contributed by atoms with E-state index in [0.717, 1.165) is 0 Å². The molecule has 0 aromatic heterocycles. The Labute approximate surface area is 95.6 Å². The molecule has 1 aromatic carbocycles. The van der Waals surface area contributed by atoms with E-state index in [9.17, 15) is 9.59 Å². The van der Waals surface area contributed by atoms with Crippen molar-refractivity contribution < 1.29 is 14.3 Å². The molecule has 0 amide bonds. The lowest BCUT2D eigenvalue weighted by Crippen LogP contribution is -2.46. The minimum atomic E-state index is -1.08. The van der Waals surface area contributed by atoms with Crippen LogP contribution in [0.3, 0.4) is 0 Å². The zero-order valence-electron chi connectivity index (χ0n) is 8.12. The molecule has 0 saturated heterocycles. The molecular formula is C11H9BrO3. The van der Waals surface area contributed by atoms with E-state index in [0.29, 0.717) is 16.5 Å². The van der Waals surface area contributed by atoms with E-state index in [2.05, 4.69) is 15.9 Å². The molecule has 0 spiro atoms. The zero-order chi connectivity index (χ0) is 11.1. The lowest BCUT2D eigenvalue weighted by atomic mass is 9.90. The number of carbonyl (C=O) groups excluding carboxylic acids is 2. The van der Waals surface area contributed by atoms with E-state index in [-0.39, 0.29) is 5.78 Å². The fourth-order valence-electron chi connectivity index (χ4n) is 1.54. The van der Waals surface area contributed by atoms with Crippen LogP contribution >= 0.6 is 15.9 Å². The molecule has 15 heavy (non-hydrogen) atoms. The van der Waals surface area contributed by atoms with Crippen LogP contribution < -0.4 is 0 Å². The maximum absolute atomic E-state index is 12.0. The summed E-state index contributed by atoms with van der Waals surface area (Å²) in [5.41, 5.74) is -0.289. The summed E-state index contributed by atoms with van der Waals surface area (Å²) in [5, 5.41) is 0.304. The smallest absolute Gasteiger partial charge is 0.339 e. The molecule has 3 nitrogen and oxygen atoms in total. The molecule has 1 unspecified atom stereocenters. The summed E-state index contributed by atoms with van der Waals surface area (Å²) >= 11 is 3.19. The van der Waals surface area contributed by atoms with Crippen molar-refractivity contribution in [3.8, 4) is 0 Å². The number of Topliss-reactive ketones (excluding diaryl/α,β-unsaturated/α-hetero) is 1. The Balaban J connectivity index is 2.59. The topological polar surface area (TPSA) is 43.4 Å². The molecule has 0 N–H and O–H groups in total. The van der Waals surface area contributed by atoms with Crippen molar-refractivity contribution in [3.63, 3.8) is 0 Å². The molecule has 0 fully saturated rings. The van der Waals surface area contributed by atoms with Crippen molar-refractivity contribution in [2.24, 2.45) is 0 Å². The maximum Gasteiger partial charge on any atom is 0.339 e. The van der Waals surface area contributed by atoms with Gasteiger partial charge >= 0.3 is 5.97 Å². The quantitative estimate of drug-likeness (QED) is 0.579. The second kappa shape index (κ2) is 3.45. The Hall–Kier alpha value is -1.16. The Bertz CT molecular complexity index is 441. The molecule has 4 heteroatoms. The lowest BCUT2D eigenvalue weighted by molar-refractivity contribution is 0.00158. The first kappa shape index (κ1) is 10.4. The van der Waals surface area contributed by atoms with Gasteiger partial charge < -0.3 is 4.74 Å². The molecule has 1 atom stereocenters. The average molecular weight is 269 g/mol. The molecule has 0 radical (unpaired) electrons. The number of benzene rings is 1. The van der Waals surface area contributed by atoms with Gasteiger partial charge in [0.1, 0.15) is 0 Å². The predicted molar refractivity (Wildman–Crippen MR) is 58.4 cm³/mol. The fourth-order valence-corrected chi connectivity index (χ4v) is 1.91. The summed E-state index contributed by atoms with van der Waals surface area (Å²) < 4.78 is 5.13. The summed E-state index contributed by atoms with van der Waals surface area (Å²) in [6.07, 6.45) is 0. The van der Waals surface area contributed by atoms with Gasteiger partial charge in [0.2, 0.25) is 5.78 Å². The highest BCUT2D eigenvalue weighted by molar-refractivity contribution is 9.09. The Morgan fingerprint density at radius 3 is 2.47 bits per heavy atom. The van der Waals surface area contributed by atoms with E-state index in [1.807, 2.05) is 0 Å². The van der Waals surface area contributed by atoms with Crippen LogP contribution in [0.4, 0.5) is 0 Å². The highest BCUT2D eigenvalue weighted by atomic mass is 79.9. The molecule has 0 aliphatic carbocycles. The average Bonchev–Trinajstić information content (AvgIpc) is 2.26. The number of carbonyl (C=O) groups is 2. The molecule has 78 valence electrons. The number of esters is 1. The third-order valence-electron chi connectivity index (χ3n) is 2.44. The summed E-state index contributed by atoms with van der Waals surface area (Å²) in [5.74, 6) is -0.596. The number of fused-ring (bicyclic) bond motifs is 1. The van der Waals surface area contributed by atoms with Crippen molar-refractivity contribution in [2.75, 3.05) is 5.33 Å². The standard InChI is InChI=1S/C11H9BrO3/c1-11(6-12)9(13)7-4-2-3-5-8(7)10(14)15-11/h2-5H,6H2,1H3. The monoisotopic (exact) mass is 268 g/mol. The van der Waals surface area contributed by atoms with Crippen LogP contribution in [0.25, 0.3) is 0 Å². The molecule has 1 aromatic rings. The highest BCUT2D eigenvalue weighted by Gasteiger charge is 2.43. The number of alkyl halides is 1. The number of halogens is 1. The van der Waals surface area contributed by atoms with Crippen LogP contribution in [0.1, 0.15) is 27.6 Å². The number of hydrogen-bond acceptors (Lipinski definition) is 3. The normalized spacial score (nSPS) is 24.7. The minimum absolute atomic E-state index is 0.158. The van der Waals surface area contributed by atoms with Crippen molar-refractivity contribution in [1.29, 1.82) is 0 Å². The van der Waals surface area contributed by atoms with Gasteiger partial charge in [0, 0.05) is 5.56 Å². The van der Waals surface area contributed by atoms with Crippen LogP contribution in [-0.2, 0) is 4.74 Å². The first-order valence-corrected chi connectivity index (χ1v) is 5.64. The van der Waals surface area contributed by atoms with Crippen LogP contribution in [0.5, 0.6) is 0 Å². The van der Waals surface area contributed by atoms with E-state index in [1.165, 1.54) is 0 Å². The zero-order valence-corrected chi connectivity index (χ0v) is 9.71. The van der Waals surface area contributed by atoms with Gasteiger partial charge in [-0.15, -0.1) is 0 Å². The number of ether oxygens (including phenoxy) is 1. The molecular weight excluding hydrogens is 260 g/mol. The third kappa shape index (κ3) is 1.49. The second-order valence-electron chi connectivity index (χ2n) is 3.63. The Morgan fingerprint density at radius 2 is 1.87 bits per heavy atom. The fraction of sp³-hybridized carbons (Fsp3) is 0.273. The first-order chi connectivity index (χ1) is 7.08. The van der Waals surface area contributed by atoms with Crippen LogP contribution in [0.15, 0.2) is 24.3 Å². The van der Waals surface area contributed by atoms with Crippen LogP contribution in [0, 0.1) is 0 Å². The maximum atomic E-state index is 12.0. The van der Waals surface area contributed by atoms with Gasteiger partial charge in [0.05, 0.1) is 10.9 Å². The van der Waals surface area contributed by atoms with Crippen molar-refractivity contribution in [3.05, 3.63) is 35.4 Å². The van der Waals surface area contributed by atoms with Gasteiger partial charge in [-0.1, -0.05) is 34.1 Å². The van der Waals surface area contributed by atoms with Gasteiger partial charge in [-0.25, -0.2) is 4.79 Å². The largest absolute Gasteiger partial charge is 0.446 e. The van der Waals surface area contributed by atoms with Gasteiger partial charge in [0.15, 0.2) is 5.60 Å². The van der Waals surface area contributed by atoms with E-state index < -0.39 is 11.6 Å². The second-order valence-corrected chi connectivity index (χ2v) is 4.19. The van der Waals surface area contributed by atoms with Crippen molar-refractivity contribution >= 4 is 27.7 Å². The van der Waals surface area contributed by atoms with E-state index in [1.54, 1.807) is 31.2 Å². The lowest BCUT2D eigenvalue weighted by Gasteiger charge is -2.30. The number of ketones is 1. The number of hydrogen-bond donors (Lipinski definition) is 0. The molecule has 0 saturated carbocycles. The van der Waals surface area contributed by atoms with Gasteiger partial charge in [-0.2, -0.15) is 0 Å². The van der Waals surface area contributed by atoms with Gasteiger partial charge in [0.25, 0.3) is 0 Å². The Kier molecular flexibility index (Phi) is 2.38. The Morgan fingerprint density at radius 1 is 1.27 bits per heavy atom. The molecule has 1 aliphatic rings. The first-order valence-electron chi connectivity index (χ1n) is 4.51. The van der Waals surface area contributed by atoms with Gasteiger partial charge in [-0.05, 0) is 13.0 Å². The van der Waals surface area contributed by atoms with E-state index >= 15 is 0 Å². The van der Waals surface area contributed by atoms with Crippen molar-refractivity contribution in [1.82, 2.24) is 0 Å². The van der Waals surface area contributed by atoms with Crippen LogP contribution in [0.2, 0.25) is 0 Å². The molecule has 2 rings (SSSR count). The predicted octanol–water partition coefficient (Wildman–Crippen LogP) is 2.19. The number of cyclic esters (lactones) is 1. The molecule has 1 aliphatic heterocycles. The minimum Gasteiger partial charge on any atom is -0.446 e. The summed E-state index contributed by atoms with van der Waals surface area (Å²) in [6, 6.07) is 6.70. The third-order valence-corrected chi connectivity index (χ3v) is 3.51.